The molecule has 0 unspecified atom stereocenters. The van der Waals surface area contributed by atoms with Crippen molar-refractivity contribution >= 4 is 40.8 Å². The molecule has 0 aliphatic carbocycles. The molecular weight excluding hydrogens is 392 g/mol. The van der Waals surface area contributed by atoms with Gasteiger partial charge in [0.1, 0.15) is 0 Å². The Morgan fingerprint density at radius 3 is 2.34 bits per heavy atom. The van der Waals surface area contributed by atoms with Crippen molar-refractivity contribution < 1.29 is 14.4 Å². The highest BCUT2D eigenvalue weighted by atomic mass is 35.5. The smallest absolute Gasteiger partial charge is 0.319 e. The van der Waals surface area contributed by atoms with Gasteiger partial charge in [0, 0.05) is 31.4 Å². The molecule has 0 saturated carbocycles. The second-order valence-electron chi connectivity index (χ2n) is 6.99. The molecule has 0 fully saturated rings. The molecule has 154 valence electrons. The first-order valence-corrected chi connectivity index (χ1v) is 9.61. The van der Waals surface area contributed by atoms with Gasteiger partial charge in [-0.15, -0.1) is 0 Å². The van der Waals surface area contributed by atoms with Crippen LogP contribution < -0.4 is 21.3 Å². The fraction of sp³-hybridized carbons (Fsp3) is 0.286. The minimum absolute atomic E-state index is 0.161. The zero-order chi connectivity index (χ0) is 21.4. The van der Waals surface area contributed by atoms with Crippen molar-refractivity contribution in [3.05, 3.63) is 58.6 Å². The van der Waals surface area contributed by atoms with Gasteiger partial charge in [-0.05, 0) is 41.8 Å². The Morgan fingerprint density at radius 2 is 1.69 bits per heavy atom. The molecule has 4 amide bonds. The molecule has 7 nitrogen and oxygen atoms in total. The maximum absolute atomic E-state index is 12.1. The molecular formula is C21H25ClN4O3. The lowest BCUT2D eigenvalue weighted by molar-refractivity contribution is -0.114. The normalized spacial score (nSPS) is 10.4. The second-order valence-corrected chi connectivity index (χ2v) is 7.39. The van der Waals surface area contributed by atoms with Gasteiger partial charge in [0.05, 0.1) is 10.6 Å². The minimum atomic E-state index is -0.414. The van der Waals surface area contributed by atoms with E-state index in [-0.39, 0.29) is 23.4 Å². The number of benzene rings is 2. The van der Waals surface area contributed by atoms with Gasteiger partial charge in [0.15, 0.2) is 0 Å². The van der Waals surface area contributed by atoms with Crippen molar-refractivity contribution in [2.24, 2.45) is 5.92 Å². The van der Waals surface area contributed by atoms with Crippen molar-refractivity contribution in [3.8, 4) is 0 Å². The van der Waals surface area contributed by atoms with Crippen LogP contribution in [0.4, 0.5) is 16.2 Å². The summed E-state index contributed by atoms with van der Waals surface area (Å²) in [5.41, 5.74) is 2.32. The number of halogens is 1. The molecule has 2 rings (SSSR count). The zero-order valence-electron chi connectivity index (χ0n) is 16.6. The lowest BCUT2D eigenvalue weighted by Crippen LogP contribution is -2.29. The number of hydrogen-bond donors (Lipinski definition) is 4. The van der Waals surface area contributed by atoms with Crippen LogP contribution in [0.15, 0.2) is 42.5 Å². The van der Waals surface area contributed by atoms with Crippen LogP contribution in [0.5, 0.6) is 0 Å². The van der Waals surface area contributed by atoms with Gasteiger partial charge in [0.2, 0.25) is 5.91 Å². The summed E-state index contributed by atoms with van der Waals surface area (Å²) in [5.74, 6) is -0.0777. The number of carbonyl (C=O) groups excluding carboxylic acids is 3. The number of rotatable bonds is 7. The Hall–Kier alpha value is -3.06. The first kappa shape index (κ1) is 22.2. The van der Waals surface area contributed by atoms with Crippen LogP contribution in [-0.4, -0.2) is 24.4 Å². The zero-order valence-corrected chi connectivity index (χ0v) is 17.4. The van der Waals surface area contributed by atoms with Gasteiger partial charge in [-0.1, -0.05) is 37.6 Å². The average molecular weight is 417 g/mol. The molecule has 0 aliphatic rings. The molecule has 2 aromatic carbocycles. The molecule has 0 saturated heterocycles. The van der Waals surface area contributed by atoms with E-state index in [0.29, 0.717) is 29.4 Å². The standard InChI is InChI=1S/C21H25ClN4O3/c1-13(2)11-23-20(28)18-8-7-17(10-19(18)22)26-21(29)24-12-15-5-4-6-16(9-15)25-14(3)27/h4-10,13H,11-12H2,1-3H3,(H,23,28)(H,25,27)(H2,24,26,29). The van der Waals surface area contributed by atoms with E-state index in [9.17, 15) is 14.4 Å². The number of urea groups is 1. The second kappa shape index (κ2) is 10.5. The molecule has 2 aromatic rings. The van der Waals surface area contributed by atoms with E-state index < -0.39 is 6.03 Å². The quantitative estimate of drug-likeness (QED) is 0.548. The molecule has 0 spiro atoms. The third kappa shape index (κ3) is 7.46. The van der Waals surface area contributed by atoms with Crippen molar-refractivity contribution in [2.45, 2.75) is 27.3 Å². The van der Waals surface area contributed by atoms with E-state index in [2.05, 4.69) is 21.3 Å². The third-order valence-corrected chi connectivity index (χ3v) is 4.16. The molecule has 0 bridgehead atoms. The lowest BCUT2D eigenvalue weighted by Gasteiger charge is -2.12. The predicted molar refractivity (Wildman–Crippen MR) is 115 cm³/mol. The third-order valence-electron chi connectivity index (χ3n) is 3.84. The van der Waals surface area contributed by atoms with Crippen LogP contribution in [0.25, 0.3) is 0 Å². The van der Waals surface area contributed by atoms with Crippen molar-refractivity contribution in [1.82, 2.24) is 10.6 Å². The molecule has 0 aromatic heterocycles. The molecule has 0 heterocycles. The number of carbonyl (C=O) groups is 3. The van der Waals surface area contributed by atoms with Gasteiger partial charge < -0.3 is 21.3 Å². The summed E-state index contributed by atoms with van der Waals surface area (Å²) in [6.45, 7) is 6.28. The highest BCUT2D eigenvalue weighted by Gasteiger charge is 2.12. The Kier molecular flexibility index (Phi) is 8.03. The largest absolute Gasteiger partial charge is 0.352 e. The Labute approximate surface area is 175 Å². The van der Waals surface area contributed by atoms with Crippen molar-refractivity contribution in [2.75, 3.05) is 17.2 Å². The van der Waals surface area contributed by atoms with Crippen LogP contribution in [-0.2, 0) is 11.3 Å². The van der Waals surface area contributed by atoms with Crippen LogP contribution >= 0.6 is 11.6 Å². The average Bonchev–Trinajstić information content (AvgIpc) is 2.64. The molecule has 0 aliphatic heterocycles. The summed E-state index contributed by atoms with van der Waals surface area (Å²) in [6, 6.07) is 11.5. The van der Waals surface area contributed by atoms with Crippen molar-refractivity contribution in [1.29, 1.82) is 0 Å². The minimum Gasteiger partial charge on any atom is -0.352 e. The highest BCUT2D eigenvalue weighted by molar-refractivity contribution is 6.34. The number of amides is 4. The van der Waals surface area contributed by atoms with Gasteiger partial charge in [0.25, 0.3) is 5.91 Å². The van der Waals surface area contributed by atoms with Gasteiger partial charge in [-0.3, -0.25) is 9.59 Å². The van der Waals surface area contributed by atoms with Crippen LogP contribution in [0, 0.1) is 5.92 Å². The first-order valence-electron chi connectivity index (χ1n) is 9.23. The molecule has 8 heteroatoms. The van der Waals surface area contributed by atoms with Crippen LogP contribution in [0.1, 0.15) is 36.7 Å². The van der Waals surface area contributed by atoms with Gasteiger partial charge in [-0.25, -0.2) is 4.79 Å². The van der Waals surface area contributed by atoms with Crippen molar-refractivity contribution in [3.63, 3.8) is 0 Å². The Balaban J connectivity index is 1.91. The summed E-state index contributed by atoms with van der Waals surface area (Å²) >= 11 is 6.19. The predicted octanol–water partition coefficient (Wildman–Crippen LogP) is 4.01. The van der Waals surface area contributed by atoms with E-state index in [0.717, 1.165) is 5.56 Å². The summed E-state index contributed by atoms with van der Waals surface area (Å²) in [6.07, 6.45) is 0. The topological polar surface area (TPSA) is 99.3 Å². The fourth-order valence-corrected chi connectivity index (χ4v) is 2.76. The Bertz CT molecular complexity index is 899. The Morgan fingerprint density at radius 1 is 0.966 bits per heavy atom. The number of anilines is 2. The van der Waals surface area contributed by atoms with E-state index >= 15 is 0 Å². The van der Waals surface area contributed by atoms with Crippen LogP contribution in [0.2, 0.25) is 5.02 Å². The maximum Gasteiger partial charge on any atom is 0.319 e. The van der Waals surface area contributed by atoms with E-state index in [4.69, 9.17) is 11.6 Å². The van der Waals surface area contributed by atoms with Crippen LogP contribution in [0.3, 0.4) is 0 Å². The number of nitrogens with one attached hydrogen (secondary N) is 4. The van der Waals surface area contributed by atoms with Gasteiger partial charge >= 0.3 is 6.03 Å². The number of hydrogen-bond acceptors (Lipinski definition) is 3. The first-order chi connectivity index (χ1) is 13.7. The SMILES string of the molecule is CC(=O)Nc1cccc(CNC(=O)Nc2ccc(C(=O)NCC(C)C)c(Cl)c2)c1. The fourth-order valence-electron chi connectivity index (χ4n) is 2.49. The summed E-state index contributed by atoms with van der Waals surface area (Å²) in [4.78, 5) is 35.4. The molecule has 4 N–H and O–H groups in total. The van der Waals surface area contributed by atoms with E-state index in [1.165, 1.54) is 13.0 Å². The summed E-state index contributed by atoms with van der Waals surface area (Å²) < 4.78 is 0. The molecule has 0 atom stereocenters. The van der Waals surface area contributed by atoms with Gasteiger partial charge in [-0.2, -0.15) is 0 Å². The monoisotopic (exact) mass is 416 g/mol. The maximum atomic E-state index is 12.1. The molecule has 0 radical (unpaired) electrons. The van der Waals surface area contributed by atoms with E-state index in [1.807, 2.05) is 19.9 Å². The summed E-state index contributed by atoms with van der Waals surface area (Å²) in [5, 5.41) is 11.2. The lowest BCUT2D eigenvalue weighted by atomic mass is 10.1. The molecule has 29 heavy (non-hydrogen) atoms. The van der Waals surface area contributed by atoms with E-state index in [1.54, 1.807) is 30.3 Å². The summed E-state index contributed by atoms with van der Waals surface area (Å²) in [7, 11) is 0. The highest BCUT2D eigenvalue weighted by Crippen LogP contribution is 2.21.